The van der Waals surface area contributed by atoms with Crippen LogP contribution in [0.15, 0.2) is 42.5 Å². The van der Waals surface area contributed by atoms with Crippen molar-refractivity contribution in [3.05, 3.63) is 64.7 Å². The molecule has 0 heterocycles. The zero-order valence-corrected chi connectivity index (χ0v) is 16.2. The summed E-state index contributed by atoms with van der Waals surface area (Å²) in [7, 11) is 0. The Morgan fingerprint density at radius 1 is 0.833 bits per heavy atom. The van der Waals surface area contributed by atoms with Crippen molar-refractivity contribution in [2.75, 3.05) is 18.1 Å². The molecule has 3 aromatic rings. The minimum atomic E-state index is -0.665. The van der Waals surface area contributed by atoms with E-state index >= 15 is 0 Å². The van der Waals surface area contributed by atoms with Crippen LogP contribution < -0.4 is 16.2 Å². The van der Waals surface area contributed by atoms with Gasteiger partial charge in [0.25, 0.3) is 0 Å². The van der Waals surface area contributed by atoms with Gasteiger partial charge in [-0.25, -0.2) is 0 Å². The predicted molar refractivity (Wildman–Crippen MR) is 113 cm³/mol. The van der Waals surface area contributed by atoms with Crippen LogP contribution in [0.1, 0.15) is 45.2 Å². The summed E-state index contributed by atoms with van der Waals surface area (Å²) in [5.41, 5.74) is 12.6. The Labute approximate surface area is 172 Å². The van der Waals surface area contributed by atoms with Crippen molar-refractivity contribution in [2.45, 2.75) is 13.3 Å². The third kappa shape index (κ3) is 2.83. The fourth-order valence-electron chi connectivity index (χ4n) is 3.67. The second-order valence-electron chi connectivity index (χ2n) is 7.06. The van der Waals surface area contributed by atoms with Gasteiger partial charge in [0.1, 0.15) is 17.2 Å². The molecule has 0 bridgehead atoms. The number of phenols is 2. The third-order valence-corrected chi connectivity index (χ3v) is 5.11. The lowest BCUT2D eigenvalue weighted by molar-refractivity contribution is 0.0975. The number of benzene rings is 3. The summed E-state index contributed by atoms with van der Waals surface area (Å²) in [6, 6.07) is 11.0. The molecule has 0 spiro atoms. The van der Waals surface area contributed by atoms with Crippen LogP contribution in [0.5, 0.6) is 17.2 Å². The van der Waals surface area contributed by atoms with Crippen molar-refractivity contribution in [1.29, 1.82) is 0 Å². The van der Waals surface area contributed by atoms with E-state index in [9.17, 15) is 19.8 Å². The van der Waals surface area contributed by atoms with Crippen molar-refractivity contribution in [3.8, 4) is 28.4 Å². The summed E-state index contributed by atoms with van der Waals surface area (Å²) in [5.74, 6) is -1.40. The number of ether oxygens (including phenoxy) is 1. The van der Waals surface area contributed by atoms with Gasteiger partial charge in [-0.3, -0.25) is 9.59 Å². The maximum absolute atomic E-state index is 13.2. The molecule has 1 aliphatic carbocycles. The number of fused-ring (bicyclic) bond motifs is 2. The van der Waals surface area contributed by atoms with Crippen molar-refractivity contribution in [1.82, 2.24) is 0 Å². The lowest BCUT2D eigenvalue weighted by atomic mass is 9.80. The molecule has 30 heavy (non-hydrogen) atoms. The molecule has 0 radical (unpaired) electrons. The van der Waals surface area contributed by atoms with Gasteiger partial charge in [-0.1, -0.05) is 19.1 Å². The van der Waals surface area contributed by atoms with Crippen molar-refractivity contribution in [3.63, 3.8) is 0 Å². The largest absolute Gasteiger partial charge is 0.507 e. The van der Waals surface area contributed by atoms with E-state index < -0.39 is 11.6 Å². The van der Waals surface area contributed by atoms with Crippen molar-refractivity contribution in [2.24, 2.45) is 0 Å². The molecule has 0 saturated carbocycles. The molecule has 6 N–H and O–H groups in total. The van der Waals surface area contributed by atoms with Gasteiger partial charge in [0.15, 0.2) is 0 Å². The highest BCUT2D eigenvalue weighted by molar-refractivity contribution is 6.33. The summed E-state index contributed by atoms with van der Waals surface area (Å²) in [6.45, 7) is 2.59. The summed E-state index contributed by atoms with van der Waals surface area (Å²) < 4.78 is 5.57. The van der Waals surface area contributed by atoms with Gasteiger partial charge in [0, 0.05) is 11.3 Å². The SMILES string of the molecule is CCCOc1ccc(-c2cc(O)c3c(c2N)C(=O)c2c(O)ccc(N)c2C3=O)cc1. The summed E-state index contributed by atoms with van der Waals surface area (Å²) in [6.07, 6.45) is 0.877. The minimum Gasteiger partial charge on any atom is -0.507 e. The molecular weight excluding hydrogens is 384 g/mol. The summed E-state index contributed by atoms with van der Waals surface area (Å²) in [5, 5.41) is 20.8. The highest BCUT2D eigenvalue weighted by Crippen LogP contribution is 2.44. The van der Waals surface area contributed by atoms with Crippen LogP contribution in [0.4, 0.5) is 11.4 Å². The van der Waals surface area contributed by atoms with Crippen LogP contribution >= 0.6 is 0 Å². The third-order valence-electron chi connectivity index (χ3n) is 5.11. The molecule has 3 aromatic carbocycles. The molecule has 0 aromatic heterocycles. The zero-order valence-electron chi connectivity index (χ0n) is 16.2. The van der Waals surface area contributed by atoms with E-state index in [2.05, 4.69) is 0 Å². The van der Waals surface area contributed by atoms with Gasteiger partial charge in [0.05, 0.1) is 34.5 Å². The highest BCUT2D eigenvalue weighted by Gasteiger charge is 2.38. The Bertz CT molecular complexity index is 1200. The number of rotatable bonds is 4. The molecule has 4 rings (SSSR count). The summed E-state index contributed by atoms with van der Waals surface area (Å²) in [4.78, 5) is 26.2. The number of phenolic OH excluding ortho intramolecular Hbond substituents is 2. The lowest BCUT2D eigenvalue weighted by Gasteiger charge is -2.23. The van der Waals surface area contributed by atoms with Crippen LogP contribution in [-0.4, -0.2) is 28.4 Å². The molecule has 152 valence electrons. The normalized spacial score (nSPS) is 12.4. The fourth-order valence-corrected chi connectivity index (χ4v) is 3.67. The summed E-state index contributed by atoms with van der Waals surface area (Å²) >= 11 is 0. The number of carbonyl (C=O) groups excluding carboxylic acids is 2. The average molecular weight is 404 g/mol. The first-order valence-electron chi connectivity index (χ1n) is 9.44. The van der Waals surface area contributed by atoms with Crippen molar-refractivity contribution < 1.29 is 24.5 Å². The topological polar surface area (TPSA) is 136 Å². The van der Waals surface area contributed by atoms with Crippen LogP contribution in [0.2, 0.25) is 0 Å². The zero-order chi connectivity index (χ0) is 21.6. The quantitative estimate of drug-likeness (QED) is 0.302. The average Bonchev–Trinajstić information content (AvgIpc) is 2.73. The Hall–Kier alpha value is -4.00. The molecule has 0 atom stereocenters. The van der Waals surface area contributed by atoms with E-state index in [-0.39, 0.29) is 45.1 Å². The number of aromatic hydroxyl groups is 2. The standard InChI is InChI=1S/C23H20N2O5/c1-2-9-30-12-5-3-11(4-6-12)13-10-16(27)19-20(21(13)25)23(29)18-15(26)8-7-14(24)17(18)22(19)28/h3-8,10,26-27H,2,9,24-25H2,1H3. The molecular formula is C23H20N2O5. The number of carbonyl (C=O) groups is 2. The molecule has 0 fully saturated rings. The fraction of sp³-hybridized carbons (Fsp3) is 0.130. The van der Waals surface area contributed by atoms with Crippen LogP contribution in [0, 0.1) is 0 Å². The second kappa shape index (κ2) is 7.11. The Balaban J connectivity index is 1.88. The molecule has 7 heteroatoms. The Morgan fingerprint density at radius 2 is 1.47 bits per heavy atom. The van der Waals surface area contributed by atoms with Crippen LogP contribution in [-0.2, 0) is 0 Å². The van der Waals surface area contributed by atoms with Gasteiger partial charge in [-0.15, -0.1) is 0 Å². The molecule has 7 nitrogen and oxygen atoms in total. The maximum Gasteiger partial charge on any atom is 0.200 e. The second-order valence-corrected chi connectivity index (χ2v) is 7.06. The molecule has 0 saturated heterocycles. The highest BCUT2D eigenvalue weighted by atomic mass is 16.5. The maximum atomic E-state index is 13.2. The molecule has 0 unspecified atom stereocenters. The van der Waals surface area contributed by atoms with Crippen molar-refractivity contribution >= 4 is 22.9 Å². The van der Waals surface area contributed by atoms with E-state index in [0.29, 0.717) is 23.5 Å². The Kier molecular flexibility index (Phi) is 4.58. The number of hydrogen-bond donors (Lipinski definition) is 4. The van der Waals surface area contributed by atoms with Gasteiger partial charge in [-0.05, 0) is 42.3 Å². The predicted octanol–water partition coefficient (Wildman–Crippen LogP) is 3.49. The van der Waals surface area contributed by atoms with E-state index in [4.69, 9.17) is 16.2 Å². The number of hydrogen-bond acceptors (Lipinski definition) is 7. The van der Waals surface area contributed by atoms with Gasteiger partial charge >= 0.3 is 0 Å². The van der Waals surface area contributed by atoms with E-state index in [0.717, 1.165) is 6.42 Å². The van der Waals surface area contributed by atoms with E-state index in [1.165, 1.54) is 18.2 Å². The molecule has 0 aliphatic heterocycles. The molecule has 0 amide bonds. The smallest absolute Gasteiger partial charge is 0.200 e. The van der Waals surface area contributed by atoms with E-state index in [1.54, 1.807) is 24.3 Å². The molecule has 1 aliphatic rings. The number of anilines is 2. The monoisotopic (exact) mass is 404 g/mol. The first-order chi connectivity index (χ1) is 14.3. The number of ketones is 2. The van der Waals surface area contributed by atoms with Gasteiger partial charge in [-0.2, -0.15) is 0 Å². The van der Waals surface area contributed by atoms with E-state index in [1.807, 2.05) is 6.92 Å². The van der Waals surface area contributed by atoms with Crippen LogP contribution in [0.3, 0.4) is 0 Å². The minimum absolute atomic E-state index is 0.0378. The van der Waals surface area contributed by atoms with Gasteiger partial charge < -0.3 is 26.4 Å². The first-order valence-corrected chi connectivity index (χ1v) is 9.44. The van der Waals surface area contributed by atoms with Crippen LogP contribution in [0.25, 0.3) is 11.1 Å². The Morgan fingerprint density at radius 3 is 2.13 bits per heavy atom. The number of nitrogens with two attached hydrogens (primary N) is 2. The number of nitrogen functional groups attached to an aromatic ring is 2. The first kappa shape index (κ1) is 19.3. The lowest BCUT2D eigenvalue weighted by Crippen LogP contribution is -2.24. The van der Waals surface area contributed by atoms with Gasteiger partial charge in [0.2, 0.25) is 11.6 Å².